The molecule has 1 aliphatic rings. The van der Waals surface area contributed by atoms with Crippen LogP contribution in [0, 0.1) is 0 Å². The molecule has 0 spiro atoms. The van der Waals surface area contributed by atoms with Crippen molar-refractivity contribution in [3.05, 3.63) is 54.6 Å². The van der Waals surface area contributed by atoms with E-state index in [9.17, 15) is 0 Å². The number of hydrogen-bond donors (Lipinski definition) is 1. The molecule has 21 heavy (non-hydrogen) atoms. The largest absolute Gasteiger partial charge is 0.457 e. The van der Waals surface area contributed by atoms with Gasteiger partial charge in [-0.15, -0.1) is 0 Å². The molecule has 1 fully saturated rings. The summed E-state index contributed by atoms with van der Waals surface area (Å²) in [6, 6.07) is 18.9. The molecule has 0 bridgehead atoms. The number of rotatable bonds is 5. The lowest BCUT2D eigenvalue weighted by Gasteiger charge is -2.19. The van der Waals surface area contributed by atoms with Gasteiger partial charge in [0.2, 0.25) is 0 Å². The van der Waals surface area contributed by atoms with Crippen molar-refractivity contribution >= 4 is 5.69 Å². The Balaban J connectivity index is 1.69. The smallest absolute Gasteiger partial charge is 0.129 e. The fourth-order valence-electron chi connectivity index (χ4n) is 2.82. The summed E-state index contributed by atoms with van der Waals surface area (Å²) in [5, 5.41) is 3.53. The third kappa shape index (κ3) is 3.56. The molecule has 1 aliphatic heterocycles. The average Bonchev–Trinajstić information content (AvgIpc) is 2.98. The maximum Gasteiger partial charge on any atom is 0.129 e. The number of benzene rings is 2. The predicted molar refractivity (Wildman–Crippen MR) is 87.3 cm³/mol. The lowest BCUT2D eigenvalue weighted by molar-refractivity contribution is 0.482. The number of para-hydroxylation sites is 1. The number of ether oxygens (including phenoxy) is 1. The van der Waals surface area contributed by atoms with Gasteiger partial charge in [-0.1, -0.05) is 31.2 Å². The van der Waals surface area contributed by atoms with Gasteiger partial charge < -0.3 is 15.0 Å². The Labute approximate surface area is 126 Å². The van der Waals surface area contributed by atoms with Gasteiger partial charge in [0.1, 0.15) is 11.5 Å². The Morgan fingerprint density at radius 2 is 1.90 bits per heavy atom. The number of nitrogens with one attached hydrogen (secondary N) is 1. The van der Waals surface area contributed by atoms with Crippen LogP contribution in [-0.2, 0) is 0 Å². The van der Waals surface area contributed by atoms with Gasteiger partial charge in [-0.2, -0.15) is 0 Å². The summed E-state index contributed by atoms with van der Waals surface area (Å²) in [7, 11) is 0. The SMILES string of the molecule is CCNC1CCN(c2cccc(Oc3ccccc3)c2)C1. The third-order valence-corrected chi connectivity index (χ3v) is 3.84. The van der Waals surface area contributed by atoms with Crippen molar-refractivity contribution in [3.8, 4) is 11.5 Å². The monoisotopic (exact) mass is 282 g/mol. The van der Waals surface area contributed by atoms with E-state index in [-0.39, 0.29) is 0 Å². The first kappa shape index (κ1) is 14.0. The van der Waals surface area contributed by atoms with Gasteiger partial charge in [0.15, 0.2) is 0 Å². The fraction of sp³-hybridized carbons (Fsp3) is 0.333. The second-order valence-electron chi connectivity index (χ2n) is 5.40. The summed E-state index contributed by atoms with van der Waals surface area (Å²) in [4.78, 5) is 2.42. The highest BCUT2D eigenvalue weighted by Gasteiger charge is 2.21. The van der Waals surface area contributed by atoms with Crippen LogP contribution < -0.4 is 15.0 Å². The Bertz CT molecular complexity index is 570. The molecule has 2 aromatic rings. The molecule has 0 radical (unpaired) electrons. The minimum absolute atomic E-state index is 0.605. The maximum absolute atomic E-state index is 5.91. The second kappa shape index (κ2) is 6.64. The van der Waals surface area contributed by atoms with E-state index in [0.29, 0.717) is 6.04 Å². The molecule has 3 heteroatoms. The maximum atomic E-state index is 5.91. The molecule has 1 N–H and O–H groups in total. The van der Waals surface area contributed by atoms with Crippen molar-refractivity contribution in [3.63, 3.8) is 0 Å². The summed E-state index contributed by atoms with van der Waals surface area (Å²) in [5.74, 6) is 1.77. The zero-order valence-electron chi connectivity index (χ0n) is 12.5. The van der Waals surface area contributed by atoms with Crippen LogP contribution in [0.1, 0.15) is 13.3 Å². The lowest BCUT2D eigenvalue weighted by Crippen LogP contribution is -2.32. The van der Waals surface area contributed by atoms with E-state index < -0.39 is 0 Å². The molecule has 1 saturated heterocycles. The Hall–Kier alpha value is -2.00. The zero-order chi connectivity index (χ0) is 14.5. The Morgan fingerprint density at radius 3 is 2.71 bits per heavy atom. The first-order valence-electron chi connectivity index (χ1n) is 7.66. The molecule has 3 rings (SSSR count). The van der Waals surface area contributed by atoms with Gasteiger partial charge in [-0.3, -0.25) is 0 Å². The van der Waals surface area contributed by atoms with Crippen molar-refractivity contribution in [1.29, 1.82) is 0 Å². The predicted octanol–water partition coefficient (Wildman–Crippen LogP) is 3.67. The van der Waals surface area contributed by atoms with Crippen LogP contribution in [0.4, 0.5) is 5.69 Å². The highest BCUT2D eigenvalue weighted by Crippen LogP contribution is 2.27. The van der Waals surface area contributed by atoms with Crippen molar-refractivity contribution in [2.24, 2.45) is 0 Å². The highest BCUT2D eigenvalue weighted by atomic mass is 16.5. The van der Waals surface area contributed by atoms with E-state index in [1.165, 1.54) is 12.1 Å². The van der Waals surface area contributed by atoms with E-state index in [2.05, 4.69) is 35.3 Å². The number of anilines is 1. The van der Waals surface area contributed by atoms with Gasteiger partial charge in [0, 0.05) is 30.9 Å². The van der Waals surface area contributed by atoms with Crippen LogP contribution in [0.3, 0.4) is 0 Å². The average molecular weight is 282 g/mol. The number of hydrogen-bond acceptors (Lipinski definition) is 3. The van der Waals surface area contributed by atoms with Gasteiger partial charge in [0.25, 0.3) is 0 Å². The summed E-state index contributed by atoms with van der Waals surface area (Å²) in [5.41, 5.74) is 1.24. The first-order valence-corrected chi connectivity index (χ1v) is 7.66. The van der Waals surface area contributed by atoms with E-state index in [4.69, 9.17) is 4.74 Å². The zero-order valence-corrected chi connectivity index (χ0v) is 12.5. The quantitative estimate of drug-likeness (QED) is 0.905. The van der Waals surface area contributed by atoms with Crippen molar-refractivity contribution in [1.82, 2.24) is 5.32 Å². The summed E-state index contributed by atoms with van der Waals surface area (Å²) in [6.07, 6.45) is 1.21. The van der Waals surface area contributed by atoms with Crippen LogP contribution in [0.5, 0.6) is 11.5 Å². The highest BCUT2D eigenvalue weighted by molar-refractivity contribution is 5.52. The van der Waals surface area contributed by atoms with Crippen LogP contribution >= 0.6 is 0 Å². The van der Waals surface area contributed by atoms with E-state index >= 15 is 0 Å². The van der Waals surface area contributed by atoms with Crippen LogP contribution in [0.15, 0.2) is 54.6 Å². The van der Waals surface area contributed by atoms with Gasteiger partial charge in [-0.05, 0) is 37.2 Å². The van der Waals surface area contributed by atoms with Crippen LogP contribution in [-0.4, -0.2) is 25.7 Å². The van der Waals surface area contributed by atoms with E-state index in [1.807, 2.05) is 36.4 Å². The second-order valence-corrected chi connectivity index (χ2v) is 5.40. The normalized spacial score (nSPS) is 18.0. The molecule has 2 aromatic carbocycles. The van der Waals surface area contributed by atoms with E-state index in [0.717, 1.165) is 31.1 Å². The minimum Gasteiger partial charge on any atom is -0.457 e. The minimum atomic E-state index is 0.605. The summed E-state index contributed by atoms with van der Waals surface area (Å²) in [6.45, 7) is 5.38. The molecule has 3 nitrogen and oxygen atoms in total. The number of nitrogens with zero attached hydrogens (tertiary/aromatic N) is 1. The summed E-state index contributed by atoms with van der Waals surface area (Å²) >= 11 is 0. The van der Waals surface area contributed by atoms with Crippen molar-refractivity contribution < 1.29 is 4.74 Å². The molecule has 0 aliphatic carbocycles. The van der Waals surface area contributed by atoms with Gasteiger partial charge >= 0.3 is 0 Å². The van der Waals surface area contributed by atoms with Crippen molar-refractivity contribution in [2.75, 3.05) is 24.5 Å². The summed E-state index contributed by atoms with van der Waals surface area (Å²) < 4.78 is 5.91. The van der Waals surface area contributed by atoms with Gasteiger partial charge in [0.05, 0.1) is 0 Å². The Kier molecular flexibility index (Phi) is 4.41. The molecule has 0 saturated carbocycles. The van der Waals surface area contributed by atoms with Crippen LogP contribution in [0.25, 0.3) is 0 Å². The molecule has 1 heterocycles. The first-order chi connectivity index (χ1) is 10.3. The van der Waals surface area contributed by atoms with Crippen molar-refractivity contribution in [2.45, 2.75) is 19.4 Å². The lowest BCUT2D eigenvalue weighted by atomic mass is 10.2. The molecule has 0 amide bonds. The fourth-order valence-corrected chi connectivity index (χ4v) is 2.82. The van der Waals surface area contributed by atoms with E-state index in [1.54, 1.807) is 0 Å². The standard InChI is InChI=1S/C18H22N2O/c1-2-19-15-11-12-20(14-15)16-7-6-10-18(13-16)21-17-8-4-3-5-9-17/h3-10,13,15,19H,2,11-12,14H2,1H3. The topological polar surface area (TPSA) is 24.5 Å². The number of likely N-dealkylation sites (N-methyl/N-ethyl adjacent to an activating group) is 1. The molecule has 0 aromatic heterocycles. The Morgan fingerprint density at radius 1 is 1.10 bits per heavy atom. The molecule has 1 atom stereocenters. The molecular formula is C18H22N2O. The third-order valence-electron chi connectivity index (χ3n) is 3.84. The molecule has 110 valence electrons. The van der Waals surface area contributed by atoms with Gasteiger partial charge in [-0.25, -0.2) is 0 Å². The molecular weight excluding hydrogens is 260 g/mol. The molecule has 1 unspecified atom stereocenters. The van der Waals surface area contributed by atoms with Crippen LogP contribution in [0.2, 0.25) is 0 Å².